The van der Waals surface area contributed by atoms with Gasteiger partial charge >= 0.3 is 0 Å². The first kappa shape index (κ1) is 22.5. The van der Waals surface area contributed by atoms with Crippen LogP contribution in [0.15, 0.2) is 54.6 Å². The van der Waals surface area contributed by atoms with Crippen molar-refractivity contribution in [3.05, 3.63) is 76.6 Å². The van der Waals surface area contributed by atoms with Gasteiger partial charge < -0.3 is 10.2 Å². The van der Waals surface area contributed by atoms with Crippen molar-refractivity contribution >= 4 is 38.9 Å². The van der Waals surface area contributed by atoms with E-state index < -0.39 is 10.0 Å². The summed E-state index contributed by atoms with van der Waals surface area (Å²) in [5.74, 6) is 2.12. The maximum absolute atomic E-state index is 12.9. The third-order valence-corrected chi connectivity index (χ3v) is 7.43. The van der Waals surface area contributed by atoms with Crippen LogP contribution in [0.1, 0.15) is 17.0 Å². The second kappa shape index (κ2) is 9.44. The highest BCUT2D eigenvalue weighted by Crippen LogP contribution is 2.23. The van der Waals surface area contributed by atoms with Crippen molar-refractivity contribution in [3.8, 4) is 0 Å². The minimum atomic E-state index is -3.42. The molecule has 0 saturated carbocycles. The Balaban J connectivity index is 1.42. The van der Waals surface area contributed by atoms with E-state index in [1.165, 1.54) is 5.56 Å². The first-order chi connectivity index (χ1) is 15.3. The van der Waals surface area contributed by atoms with Crippen LogP contribution >= 0.6 is 11.6 Å². The molecule has 1 N–H and O–H groups in total. The van der Waals surface area contributed by atoms with Gasteiger partial charge in [0.25, 0.3) is 0 Å². The van der Waals surface area contributed by atoms with Crippen LogP contribution < -0.4 is 10.2 Å². The van der Waals surface area contributed by atoms with Crippen molar-refractivity contribution < 1.29 is 8.42 Å². The predicted octanol–water partition coefficient (Wildman–Crippen LogP) is 4.14. The lowest BCUT2D eigenvalue weighted by Crippen LogP contribution is -2.49. The van der Waals surface area contributed by atoms with Crippen molar-refractivity contribution in [2.24, 2.45) is 0 Å². The number of hydrogen-bond donors (Lipinski definition) is 1. The van der Waals surface area contributed by atoms with Crippen molar-refractivity contribution in [1.82, 2.24) is 14.3 Å². The molecule has 0 radical (unpaired) electrons. The zero-order chi connectivity index (χ0) is 22.7. The molecule has 1 aromatic heterocycles. The number of halogens is 1. The van der Waals surface area contributed by atoms with Gasteiger partial charge in [0.05, 0.1) is 5.75 Å². The summed E-state index contributed by atoms with van der Waals surface area (Å²) in [6.07, 6.45) is 0. The summed E-state index contributed by atoms with van der Waals surface area (Å²) in [5, 5.41) is 3.86. The summed E-state index contributed by atoms with van der Waals surface area (Å²) in [6.45, 7) is 5.85. The number of benzene rings is 2. The van der Waals surface area contributed by atoms with E-state index in [4.69, 9.17) is 11.6 Å². The highest BCUT2D eigenvalue weighted by atomic mass is 35.5. The summed E-state index contributed by atoms with van der Waals surface area (Å²) < 4.78 is 27.3. The highest BCUT2D eigenvalue weighted by Gasteiger charge is 2.28. The largest absolute Gasteiger partial charge is 0.354 e. The number of hydrogen-bond acceptors (Lipinski definition) is 6. The van der Waals surface area contributed by atoms with E-state index in [1.807, 2.05) is 44.2 Å². The fraction of sp³-hybridized carbons (Fsp3) is 0.304. The van der Waals surface area contributed by atoms with Crippen LogP contribution in [0.3, 0.4) is 0 Å². The minimum Gasteiger partial charge on any atom is -0.354 e. The smallest absolute Gasteiger partial charge is 0.218 e. The van der Waals surface area contributed by atoms with E-state index in [2.05, 4.69) is 20.2 Å². The number of nitrogens with one attached hydrogen (secondary N) is 1. The van der Waals surface area contributed by atoms with E-state index >= 15 is 0 Å². The molecular weight excluding hydrogens is 446 g/mol. The molecule has 0 amide bonds. The number of nitrogens with zero attached hydrogens (tertiary/aromatic N) is 4. The van der Waals surface area contributed by atoms with Gasteiger partial charge in [-0.2, -0.15) is 4.31 Å². The van der Waals surface area contributed by atoms with Crippen molar-refractivity contribution in [3.63, 3.8) is 0 Å². The Morgan fingerprint density at radius 3 is 2.38 bits per heavy atom. The molecule has 1 aliphatic rings. The summed E-state index contributed by atoms with van der Waals surface area (Å²) in [5.41, 5.74) is 2.84. The number of sulfonamides is 1. The van der Waals surface area contributed by atoms with Gasteiger partial charge in [0.2, 0.25) is 10.0 Å². The van der Waals surface area contributed by atoms with Crippen LogP contribution in [0.4, 0.5) is 17.3 Å². The normalized spacial score (nSPS) is 15.0. The Morgan fingerprint density at radius 2 is 1.69 bits per heavy atom. The summed E-state index contributed by atoms with van der Waals surface area (Å²) in [7, 11) is -3.42. The van der Waals surface area contributed by atoms with E-state index in [-0.39, 0.29) is 5.75 Å². The Hall–Kier alpha value is -2.68. The van der Waals surface area contributed by atoms with Gasteiger partial charge in [0.15, 0.2) is 0 Å². The summed E-state index contributed by atoms with van der Waals surface area (Å²) in [4.78, 5) is 11.2. The maximum atomic E-state index is 12.9. The number of anilines is 3. The molecule has 2 aromatic carbocycles. The Bertz CT molecular complexity index is 1190. The molecule has 32 heavy (non-hydrogen) atoms. The zero-order valence-electron chi connectivity index (χ0n) is 18.1. The number of aryl methyl sites for hydroxylation is 2. The standard InChI is InChI=1S/C23H26ClN5O2S/c1-17-6-8-21(9-7-17)27-22-15-23(26-18(2)25-22)28-10-12-29(13-11-28)32(30,31)16-19-4-3-5-20(24)14-19/h3-9,14-15H,10-13,16H2,1-2H3,(H,25,26,27). The lowest BCUT2D eigenvalue weighted by molar-refractivity contribution is 0.383. The fourth-order valence-electron chi connectivity index (χ4n) is 3.69. The van der Waals surface area contributed by atoms with Gasteiger partial charge in [-0.1, -0.05) is 41.4 Å². The number of aromatic nitrogens is 2. The lowest BCUT2D eigenvalue weighted by Gasteiger charge is -2.34. The monoisotopic (exact) mass is 471 g/mol. The second-order valence-electron chi connectivity index (χ2n) is 7.92. The van der Waals surface area contributed by atoms with E-state index in [0.717, 1.165) is 11.5 Å². The van der Waals surface area contributed by atoms with Gasteiger partial charge in [0, 0.05) is 43.0 Å². The molecule has 0 bridgehead atoms. The van der Waals surface area contributed by atoms with E-state index in [0.29, 0.717) is 48.4 Å². The molecule has 1 saturated heterocycles. The molecule has 1 fully saturated rings. The van der Waals surface area contributed by atoms with Crippen LogP contribution in [0.5, 0.6) is 0 Å². The van der Waals surface area contributed by atoms with Crippen molar-refractivity contribution in [2.45, 2.75) is 19.6 Å². The minimum absolute atomic E-state index is 0.0508. The molecule has 0 spiro atoms. The second-order valence-corrected chi connectivity index (χ2v) is 10.3. The first-order valence-corrected chi connectivity index (χ1v) is 12.4. The van der Waals surface area contributed by atoms with Crippen LogP contribution in [0.2, 0.25) is 5.02 Å². The number of piperazine rings is 1. The molecule has 3 aromatic rings. The van der Waals surface area contributed by atoms with Gasteiger partial charge in [-0.25, -0.2) is 18.4 Å². The van der Waals surface area contributed by atoms with E-state index in [9.17, 15) is 8.42 Å². The lowest BCUT2D eigenvalue weighted by atomic mass is 10.2. The van der Waals surface area contributed by atoms with Gasteiger partial charge in [-0.15, -0.1) is 0 Å². The molecule has 0 unspecified atom stereocenters. The van der Waals surface area contributed by atoms with Crippen LogP contribution in [0, 0.1) is 13.8 Å². The molecule has 0 atom stereocenters. The van der Waals surface area contributed by atoms with Gasteiger partial charge in [-0.3, -0.25) is 0 Å². The summed E-state index contributed by atoms with van der Waals surface area (Å²) >= 11 is 6.00. The predicted molar refractivity (Wildman–Crippen MR) is 129 cm³/mol. The van der Waals surface area contributed by atoms with Gasteiger partial charge in [-0.05, 0) is 43.7 Å². The van der Waals surface area contributed by atoms with Gasteiger partial charge in [0.1, 0.15) is 17.5 Å². The molecule has 4 rings (SSSR count). The quantitative estimate of drug-likeness (QED) is 0.582. The molecule has 1 aliphatic heterocycles. The molecule has 9 heteroatoms. The topological polar surface area (TPSA) is 78.4 Å². The van der Waals surface area contributed by atoms with Crippen LogP contribution in [-0.2, 0) is 15.8 Å². The van der Waals surface area contributed by atoms with Crippen molar-refractivity contribution in [2.75, 3.05) is 36.4 Å². The Kier molecular flexibility index (Phi) is 6.64. The molecule has 0 aliphatic carbocycles. The molecular formula is C23H26ClN5O2S. The Labute approximate surface area is 194 Å². The third-order valence-electron chi connectivity index (χ3n) is 5.34. The zero-order valence-corrected chi connectivity index (χ0v) is 19.7. The fourth-order valence-corrected chi connectivity index (χ4v) is 5.40. The average Bonchev–Trinajstić information content (AvgIpc) is 2.75. The molecule has 2 heterocycles. The maximum Gasteiger partial charge on any atom is 0.218 e. The third kappa shape index (κ3) is 5.56. The Morgan fingerprint density at radius 1 is 0.969 bits per heavy atom. The molecule has 168 valence electrons. The van der Waals surface area contributed by atoms with E-state index in [1.54, 1.807) is 28.6 Å². The van der Waals surface area contributed by atoms with Crippen LogP contribution in [0.25, 0.3) is 0 Å². The average molecular weight is 472 g/mol. The molecule has 7 nitrogen and oxygen atoms in total. The summed E-state index contributed by atoms with van der Waals surface area (Å²) in [6, 6.07) is 17.0. The first-order valence-electron chi connectivity index (χ1n) is 10.5. The highest BCUT2D eigenvalue weighted by molar-refractivity contribution is 7.88. The van der Waals surface area contributed by atoms with Crippen molar-refractivity contribution in [1.29, 1.82) is 0 Å². The van der Waals surface area contributed by atoms with Crippen LogP contribution in [-0.4, -0.2) is 48.9 Å². The number of rotatable bonds is 6. The SMILES string of the molecule is Cc1ccc(Nc2cc(N3CCN(S(=O)(=O)Cc4cccc(Cl)c4)CC3)nc(C)n2)cc1.